The van der Waals surface area contributed by atoms with Crippen molar-refractivity contribution >= 4 is 51.3 Å². The Kier molecular flexibility index (Phi) is 7.10. The molecule has 142 valence electrons. The molecule has 1 aromatic rings. The molecule has 4 N–H and O–H groups in total. The lowest BCUT2D eigenvalue weighted by Crippen LogP contribution is -2.46. The van der Waals surface area contributed by atoms with Gasteiger partial charge >= 0.3 is 0 Å². The molecule has 0 radical (unpaired) electrons. The number of primary sulfonamides is 1. The van der Waals surface area contributed by atoms with Gasteiger partial charge in [0.25, 0.3) is 0 Å². The third kappa shape index (κ3) is 5.52. The standard InChI is InChI=1S/C15H25N5O2S2.HI/c1-10-8-20(11-3-4-11)9-13(10)19-15(17-2)18-7-12-5-6-14(23-12)24(16,21)22;/h5-6,10-11,13H,3-4,7-9H2,1-2H3,(H2,16,21,22)(H2,17,18,19);1H. The van der Waals surface area contributed by atoms with Gasteiger partial charge in [0.1, 0.15) is 4.21 Å². The third-order valence-electron chi connectivity index (χ3n) is 4.60. The van der Waals surface area contributed by atoms with E-state index in [0.29, 0.717) is 18.5 Å². The van der Waals surface area contributed by atoms with Crippen molar-refractivity contribution in [2.75, 3.05) is 20.1 Å². The number of thiophene rings is 1. The molecular formula is C15H26IN5O2S2. The Bertz CT molecular complexity index is 717. The molecule has 10 heteroatoms. The van der Waals surface area contributed by atoms with E-state index in [0.717, 1.165) is 30.0 Å². The molecule has 0 bridgehead atoms. The number of halogens is 1. The van der Waals surface area contributed by atoms with Crippen LogP contribution in [0.15, 0.2) is 21.3 Å². The van der Waals surface area contributed by atoms with Crippen molar-refractivity contribution < 1.29 is 8.42 Å². The van der Waals surface area contributed by atoms with Crippen molar-refractivity contribution in [1.29, 1.82) is 0 Å². The summed E-state index contributed by atoms with van der Waals surface area (Å²) in [4.78, 5) is 7.75. The van der Waals surface area contributed by atoms with Gasteiger partial charge in [0.2, 0.25) is 10.0 Å². The van der Waals surface area contributed by atoms with Crippen molar-refractivity contribution in [3.63, 3.8) is 0 Å². The minimum absolute atomic E-state index is 0. The molecule has 1 saturated carbocycles. The third-order valence-corrected chi connectivity index (χ3v) is 7.12. The van der Waals surface area contributed by atoms with Crippen molar-refractivity contribution in [2.45, 2.75) is 42.6 Å². The monoisotopic (exact) mass is 499 g/mol. The number of likely N-dealkylation sites (tertiary alicyclic amines) is 1. The highest BCUT2D eigenvalue weighted by molar-refractivity contribution is 14.0. The lowest BCUT2D eigenvalue weighted by Gasteiger charge is -2.20. The van der Waals surface area contributed by atoms with Crippen LogP contribution in [0.1, 0.15) is 24.6 Å². The average molecular weight is 499 g/mol. The van der Waals surface area contributed by atoms with Gasteiger partial charge in [-0.1, -0.05) is 6.92 Å². The van der Waals surface area contributed by atoms with Gasteiger partial charge < -0.3 is 10.6 Å². The zero-order valence-electron chi connectivity index (χ0n) is 14.4. The second-order valence-corrected chi connectivity index (χ2v) is 9.56. The number of sulfonamides is 1. The molecule has 25 heavy (non-hydrogen) atoms. The maximum Gasteiger partial charge on any atom is 0.247 e. The predicted octanol–water partition coefficient (Wildman–Crippen LogP) is 1.16. The fourth-order valence-corrected chi connectivity index (χ4v) is 4.80. The summed E-state index contributed by atoms with van der Waals surface area (Å²) >= 11 is 1.18. The highest BCUT2D eigenvalue weighted by atomic mass is 127. The molecule has 1 aliphatic carbocycles. The quantitative estimate of drug-likeness (QED) is 0.321. The molecule has 1 aliphatic heterocycles. The first-order chi connectivity index (χ1) is 11.4. The summed E-state index contributed by atoms with van der Waals surface area (Å²) in [5.74, 6) is 1.33. The first-order valence-corrected chi connectivity index (χ1v) is 10.6. The highest BCUT2D eigenvalue weighted by Gasteiger charge is 2.38. The van der Waals surface area contributed by atoms with Gasteiger partial charge in [0.15, 0.2) is 5.96 Å². The molecule has 0 amide bonds. The second-order valence-electron chi connectivity index (χ2n) is 6.60. The lowest BCUT2D eigenvalue weighted by atomic mass is 10.1. The van der Waals surface area contributed by atoms with Gasteiger partial charge in [-0.15, -0.1) is 35.3 Å². The van der Waals surface area contributed by atoms with Crippen molar-refractivity contribution in [1.82, 2.24) is 15.5 Å². The Labute approximate surface area is 170 Å². The Morgan fingerprint density at radius 1 is 1.40 bits per heavy atom. The van der Waals surface area contributed by atoms with E-state index in [2.05, 4.69) is 27.4 Å². The molecule has 2 aliphatic rings. The van der Waals surface area contributed by atoms with Crippen molar-refractivity contribution in [3.05, 3.63) is 17.0 Å². The Hall–Kier alpha value is -0.430. The van der Waals surface area contributed by atoms with Crippen LogP contribution in [0.5, 0.6) is 0 Å². The average Bonchev–Trinajstić information content (AvgIpc) is 3.14. The number of hydrogen-bond donors (Lipinski definition) is 3. The van der Waals surface area contributed by atoms with E-state index < -0.39 is 10.0 Å². The summed E-state index contributed by atoms with van der Waals surface area (Å²) in [5.41, 5.74) is 0. The van der Waals surface area contributed by atoms with Crippen LogP contribution in [-0.4, -0.2) is 51.5 Å². The molecule has 2 heterocycles. The lowest BCUT2D eigenvalue weighted by molar-refractivity contribution is 0.315. The summed E-state index contributed by atoms with van der Waals surface area (Å²) < 4.78 is 22.8. The number of nitrogens with one attached hydrogen (secondary N) is 2. The first-order valence-electron chi connectivity index (χ1n) is 8.19. The molecule has 2 fully saturated rings. The molecule has 0 aromatic carbocycles. The molecular weight excluding hydrogens is 473 g/mol. The molecule has 1 aromatic heterocycles. The van der Waals surface area contributed by atoms with Gasteiger partial charge in [-0.25, -0.2) is 13.6 Å². The first kappa shape index (κ1) is 20.9. The second kappa shape index (κ2) is 8.51. The van der Waals surface area contributed by atoms with E-state index >= 15 is 0 Å². The molecule has 0 spiro atoms. The van der Waals surface area contributed by atoms with Gasteiger partial charge in [-0.3, -0.25) is 9.89 Å². The molecule has 3 rings (SSSR count). The Balaban J connectivity index is 0.00000225. The van der Waals surface area contributed by atoms with Gasteiger partial charge in [0.05, 0.1) is 6.54 Å². The SMILES string of the molecule is CN=C(NCc1ccc(S(N)(=O)=O)s1)NC1CN(C2CC2)CC1C.I. The van der Waals surface area contributed by atoms with Crippen LogP contribution in [0.25, 0.3) is 0 Å². The largest absolute Gasteiger partial charge is 0.352 e. The molecule has 7 nitrogen and oxygen atoms in total. The highest BCUT2D eigenvalue weighted by Crippen LogP contribution is 2.31. The number of nitrogens with zero attached hydrogens (tertiary/aromatic N) is 2. The molecule has 1 saturated heterocycles. The summed E-state index contributed by atoms with van der Waals surface area (Å²) in [6.45, 7) is 4.99. The van der Waals surface area contributed by atoms with Crippen molar-refractivity contribution in [2.24, 2.45) is 16.0 Å². The van der Waals surface area contributed by atoms with Gasteiger partial charge in [-0.2, -0.15) is 0 Å². The fraction of sp³-hybridized carbons (Fsp3) is 0.667. The number of guanidine groups is 1. The van der Waals surface area contributed by atoms with Crippen LogP contribution < -0.4 is 15.8 Å². The van der Waals surface area contributed by atoms with Crippen LogP contribution >= 0.6 is 35.3 Å². The van der Waals surface area contributed by atoms with E-state index in [-0.39, 0.29) is 28.2 Å². The van der Waals surface area contributed by atoms with Crippen molar-refractivity contribution in [3.8, 4) is 0 Å². The maximum absolute atomic E-state index is 11.3. The summed E-state index contributed by atoms with van der Waals surface area (Å²) in [6.07, 6.45) is 2.66. The minimum atomic E-state index is -3.62. The van der Waals surface area contributed by atoms with E-state index in [4.69, 9.17) is 5.14 Å². The van der Waals surface area contributed by atoms with Gasteiger partial charge in [-0.05, 0) is 30.9 Å². The number of hydrogen-bond acceptors (Lipinski definition) is 5. The van der Waals surface area contributed by atoms with E-state index in [9.17, 15) is 8.42 Å². The Morgan fingerprint density at radius 2 is 2.12 bits per heavy atom. The van der Waals surface area contributed by atoms with E-state index in [1.165, 1.54) is 24.2 Å². The zero-order valence-corrected chi connectivity index (χ0v) is 18.4. The van der Waals surface area contributed by atoms with Crippen LogP contribution in [0, 0.1) is 5.92 Å². The number of nitrogens with two attached hydrogens (primary N) is 1. The van der Waals surface area contributed by atoms with E-state index in [1.54, 1.807) is 19.2 Å². The predicted molar refractivity (Wildman–Crippen MR) is 112 cm³/mol. The normalized spacial score (nSPS) is 24.8. The fourth-order valence-electron chi connectivity index (χ4n) is 3.08. The van der Waals surface area contributed by atoms with E-state index in [1.807, 2.05) is 0 Å². The maximum atomic E-state index is 11.3. The summed E-state index contributed by atoms with van der Waals surface area (Å²) in [5, 5.41) is 11.9. The van der Waals surface area contributed by atoms with Crippen LogP contribution in [0.2, 0.25) is 0 Å². The van der Waals surface area contributed by atoms with Gasteiger partial charge in [0, 0.05) is 37.1 Å². The van der Waals surface area contributed by atoms with Crippen LogP contribution in [-0.2, 0) is 16.6 Å². The Morgan fingerprint density at radius 3 is 2.68 bits per heavy atom. The minimum Gasteiger partial charge on any atom is -0.352 e. The molecule has 2 unspecified atom stereocenters. The zero-order chi connectivity index (χ0) is 17.3. The summed E-state index contributed by atoms with van der Waals surface area (Å²) in [6, 6.07) is 4.49. The topological polar surface area (TPSA) is 99.8 Å². The molecule has 2 atom stereocenters. The van der Waals surface area contributed by atoms with Crippen LogP contribution in [0.3, 0.4) is 0 Å². The number of aliphatic imine (C=N–C) groups is 1. The summed E-state index contributed by atoms with van der Waals surface area (Å²) in [7, 11) is -1.87. The van der Waals surface area contributed by atoms with Crippen LogP contribution in [0.4, 0.5) is 0 Å². The smallest absolute Gasteiger partial charge is 0.247 e. The number of rotatable bonds is 5.